The van der Waals surface area contributed by atoms with Crippen LogP contribution in [0.25, 0.3) is 0 Å². The van der Waals surface area contributed by atoms with E-state index in [1.54, 1.807) is 43.5 Å². The lowest BCUT2D eigenvalue weighted by atomic mass is 9.97. The Balaban J connectivity index is 2.47. The molecular weight excluding hydrogens is 224 g/mol. The smallest absolute Gasteiger partial charge is 0.145 e. The lowest BCUT2D eigenvalue weighted by molar-refractivity contribution is 0.0926. The van der Waals surface area contributed by atoms with Gasteiger partial charge in [-0.3, -0.25) is 4.98 Å². The molecule has 0 aliphatic rings. The second kappa shape index (κ2) is 4.20. The fraction of sp³-hybridized carbons (Fsp3) is 0.167. The number of aliphatic hydroxyl groups is 1. The monoisotopic (exact) mass is 234 g/mol. The van der Waals surface area contributed by atoms with Crippen molar-refractivity contribution < 1.29 is 5.11 Å². The van der Waals surface area contributed by atoms with Crippen LogP contribution in [0.5, 0.6) is 0 Å². The maximum absolute atomic E-state index is 10.4. The van der Waals surface area contributed by atoms with Gasteiger partial charge in [0.2, 0.25) is 0 Å². The molecule has 0 aromatic carbocycles. The van der Waals surface area contributed by atoms with E-state index in [4.69, 9.17) is 11.6 Å². The second-order valence-corrected chi connectivity index (χ2v) is 4.02. The van der Waals surface area contributed by atoms with E-state index >= 15 is 0 Å². The molecule has 2 rings (SSSR count). The molecule has 0 amide bonds. The normalized spacial score (nSPS) is 14.4. The van der Waals surface area contributed by atoms with E-state index < -0.39 is 5.60 Å². The Bertz CT molecular complexity index is 485. The van der Waals surface area contributed by atoms with Crippen LogP contribution in [0.4, 0.5) is 0 Å². The van der Waals surface area contributed by atoms with Gasteiger partial charge >= 0.3 is 0 Å². The zero-order valence-electron chi connectivity index (χ0n) is 8.76. The molecule has 0 aliphatic carbocycles. The minimum atomic E-state index is -1.23. The first-order valence-electron chi connectivity index (χ1n) is 4.87. The maximum atomic E-state index is 10.4. The first-order valence-corrected chi connectivity index (χ1v) is 5.25. The molecule has 0 spiro atoms. The lowest BCUT2D eigenvalue weighted by Crippen LogP contribution is -2.25. The first-order chi connectivity index (χ1) is 7.60. The third kappa shape index (κ3) is 2.05. The van der Waals surface area contributed by atoms with Crippen molar-refractivity contribution in [3.63, 3.8) is 0 Å². The molecule has 82 valence electrons. The van der Waals surface area contributed by atoms with Gasteiger partial charge in [-0.15, -0.1) is 0 Å². The molecule has 0 radical (unpaired) electrons. The van der Waals surface area contributed by atoms with Gasteiger partial charge in [0.05, 0.1) is 11.4 Å². The number of pyridine rings is 2. The minimum Gasteiger partial charge on any atom is -0.377 e. The topological polar surface area (TPSA) is 46.0 Å². The highest BCUT2D eigenvalue weighted by Crippen LogP contribution is 2.26. The molecule has 3 nitrogen and oxygen atoms in total. The molecule has 0 saturated heterocycles. The number of rotatable bonds is 2. The van der Waals surface area contributed by atoms with Gasteiger partial charge in [0.15, 0.2) is 0 Å². The molecular formula is C12H11ClN2O. The largest absolute Gasteiger partial charge is 0.377 e. The van der Waals surface area contributed by atoms with Gasteiger partial charge in [-0.1, -0.05) is 23.7 Å². The first kappa shape index (κ1) is 11.0. The summed E-state index contributed by atoms with van der Waals surface area (Å²) in [6.45, 7) is 1.65. The Morgan fingerprint density at radius 1 is 1.12 bits per heavy atom. The molecule has 2 aromatic heterocycles. The Kier molecular flexibility index (Phi) is 2.90. The van der Waals surface area contributed by atoms with Crippen molar-refractivity contribution in [1.29, 1.82) is 0 Å². The summed E-state index contributed by atoms with van der Waals surface area (Å²) in [6.07, 6.45) is 1.63. The molecule has 0 saturated carbocycles. The Hall–Kier alpha value is -1.45. The van der Waals surface area contributed by atoms with Gasteiger partial charge in [0.25, 0.3) is 0 Å². The molecule has 1 N–H and O–H groups in total. The van der Waals surface area contributed by atoms with Crippen LogP contribution >= 0.6 is 11.6 Å². The number of hydrogen-bond donors (Lipinski definition) is 1. The number of hydrogen-bond acceptors (Lipinski definition) is 3. The van der Waals surface area contributed by atoms with Crippen molar-refractivity contribution in [1.82, 2.24) is 9.97 Å². The Morgan fingerprint density at radius 3 is 2.50 bits per heavy atom. The molecule has 1 unspecified atom stereocenters. The number of halogens is 1. The van der Waals surface area contributed by atoms with Gasteiger partial charge in [-0.25, -0.2) is 4.98 Å². The zero-order chi connectivity index (χ0) is 11.6. The van der Waals surface area contributed by atoms with Crippen LogP contribution in [-0.2, 0) is 5.60 Å². The van der Waals surface area contributed by atoms with Gasteiger partial charge in [-0.05, 0) is 31.2 Å². The predicted molar refractivity (Wildman–Crippen MR) is 62.2 cm³/mol. The van der Waals surface area contributed by atoms with Crippen molar-refractivity contribution in [2.75, 3.05) is 0 Å². The van der Waals surface area contributed by atoms with Crippen molar-refractivity contribution in [3.8, 4) is 0 Å². The van der Waals surface area contributed by atoms with E-state index in [2.05, 4.69) is 9.97 Å². The maximum Gasteiger partial charge on any atom is 0.145 e. The average molecular weight is 235 g/mol. The molecule has 0 bridgehead atoms. The number of aromatic nitrogens is 2. The molecule has 4 heteroatoms. The third-order valence-corrected chi connectivity index (χ3v) is 2.59. The predicted octanol–water partition coefficient (Wildman–Crippen LogP) is 2.39. The summed E-state index contributed by atoms with van der Waals surface area (Å²) >= 11 is 5.80. The highest BCUT2D eigenvalue weighted by atomic mass is 35.5. The summed E-state index contributed by atoms with van der Waals surface area (Å²) < 4.78 is 0. The van der Waals surface area contributed by atoms with Crippen molar-refractivity contribution in [2.24, 2.45) is 0 Å². The van der Waals surface area contributed by atoms with Crippen molar-refractivity contribution in [3.05, 3.63) is 59.1 Å². The van der Waals surface area contributed by atoms with Crippen LogP contribution in [0.3, 0.4) is 0 Å². The Morgan fingerprint density at radius 2 is 1.88 bits per heavy atom. The summed E-state index contributed by atoms with van der Waals surface area (Å²) in [5.74, 6) is 0. The summed E-state index contributed by atoms with van der Waals surface area (Å²) in [5, 5.41) is 10.8. The molecule has 2 heterocycles. The van der Waals surface area contributed by atoms with Crippen LogP contribution in [0.1, 0.15) is 18.3 Å². The fourth-order valence-corrected chi connectivity index (χ4v) is 1.63. The number of nitrogens with zero attached hydrogens (tertiary/aromatic N) is 2. The highest BCUT2D eigenvalue weighted by Gasteiger charge is 2.28. The van der Waals surface area contributed by atoms with E-state index in [-0.39, 0.29) is 0 Å². The highest BCUT2D eigenvalue weighted by molar-refractivity contribution is 6.29. The molecule has 1 atom stereocenters. The summed E-state index contributed by atoms with van der Waals surface area (Å²) in [6, 6.07) is 10.5. The van der Waals surface area contributed by atoms with E-state index in [1.165, 1.54) is 0 Å². The summed E-state index contributed by atoms with van der Waals surface area (Å²) in [4.78, 5) is 8.22. The third-order valence-electron chi connectivity index (χ3n) is 2.38. The van der Waals surface area contributed by atoms with E-state index in [0.717, 1.165) is 0 Å². The summed E-state index contributed by atoms with van der Waals surface area (Å²) in [5.41, 5.74) is -0.199. The SMILES string of the molecule is CC(O)(c1ccccn1)c1cccc(Cl)n1. The standard InChI is InChI=1S/C12H11ClN2O/c1-12(16,9-5-2-3-8-14-9)10-6-4-7-11(13)15-10/h2-8,16H,1H3. The molecule has 2 aromatic rings. The molecule has 0 fully saturated rings. The van der Waals surface area contributed by atoms with Gasteiger partial charge < -0.3 is 5.11 Å². The van der Waals surface area contributed by atoms with E-state index in [9.17, 15) is 5.11 Å². The van der Waals surface area contributed by atoms with Crippen LogP contribution in [-0.4, -0.2) is 15.1 Å². The van der Waals surface area contributed by atoms with Crippen LogP contribution in [0.2, 0.25) is 5.15 Å². The van der Waals surface area contributed by atoms with Crippen LogP contribution in [0.15, 0.2) is 42.6 Å². The lowest BCUT2D eigenvalue weighted by Gasteiger charge is -2.21. The molecule has 16 heavy (non-hydrogen) atoms. The fourth-order valence-electron chi connectivity index (χ4n) is 1.46. The van der Waals surface area contributed by atoms with Gasteiger partial charge in [0.1, 0.15) is 10.8 Å². The zero-order valence-corrected chi connectivity index (χ0v) is 9.52. The van der Waals surface area contributed by atoms with Crippen LogP contribution < -0.4 is 0 Å². The second-order valence-electron chi connectivity index (χ2n) is 3.63. The average Bonchev–Trinajstić information content (AvgIpc) is 2.30. The van der Waals surface area contributed by atoms with Crippen molar-refractivity contribution in [2.45, 2.75) is 12.5 Å². The molecule has 0 aliphatic heterocycles. The van der Waals surface area contributed by atoms with Crippen LogP contribution in [0, 0.1) is 0 Å². The summed E-state index contributed by atoms with van der Waals surface area (Å²) in [7, 11) is 0. The van der Waals surface area contributed by atoms with Gasteiger partial charge in [-0.2, -0.15) is 0 Å². The van der Waals surface area contributed by atoms with E-state index in [1.807, 2.05) is 6.07 Å². The van der Waals surface area contributed by atoms with E-state index in [0.29, 0.717) is 16.5 Å². The quantitative estimate of drug-likeness (QED) is 0.812. The van der Waals surface area contributed by atoms with Gasteiger partial charge in [0, 0.05) is 6.20 Å². The Labute approximate surface area is 98.8 Å². The van der Waals surface area contributed by atoms with Crippen molar-refractivity contribution >= 4 is 11.6 Å². The minimum absolute atomic E-state index is 0.355.